The van der Waals surface area contributed by atoms with Crippen molar-refractivity contribution >= 4 is 0 Å². The minimum atomic E-state index is 0.715. The number of rotatable bonds is 5. The van der Waals surface area contributed by atoms with Gasteiger partial charge in [-0.3, -0.25) is 4.90 Å². The molecule has 0 saturated carbocycles. The predicted molar refractivity (Wildman–Crippen MR) is 65.7 cm³/mol. The summed E-state index contributed by atoms with van der Waals surface area (Å²) in [5.74, 6) is 0.928. The molecule has 1 aliphatic rings. The van der Waals surface area contributed by atoms with Gasteiger partial charge < -0.3 is 10.1 Å². The van der Waals surface area contributed by atoms with Crippen molar-refractivity contribution in [2.24, 2.45) is 0 Å². The molecule has 1 saturated heterocycles. The van der Waals surface area contributed by atoms with E-state index in [1.165, 1.54) is 5.56 Å². The summed E-state index contributed by atoms with van der Waals surface area (Å²) < 4.78 is 5.16. The van der Waals surface area contributed by atoms with Crippen molar-refractivity contribution in [1.29, 1.82) is 0 Å². The first kappa shape index (κ1) is 11.4. The Balaban J connectivity index is 1.95. The molecular weight excluding hydrogens is 200 g/mol. The summed E-state index contributed by atoms with van der Waals surface area (Å²) in [4.78, 5) is 2.51. The standard InChI is InChI=1S/C13H20N2O/c1-3-15(12-8-14-9-12)10-11-4-6-13(16-2)7-5-11/h4-7,12,14H,3,8-10H2,1-2H3. The molecule has 3 nitrogen and oxygen atoms in total. The van der Waals surface area contributed by atoms with Gasteiger partial charge in [-0.2, -0.15) is 0 Å². The molecule has 0 aromatic heterocycles. The van der Waals surface area contributed by atoms with Crippen LogP contribution >= 0.6 is 0 Å². The zero-order valence-corrected chi connectivity index (χ0v) is 10.1. The van der Waals surface area contributed by atoms with Crippen LogP contribution in [0.4, 0.5) is 0 Å². The molecule has 0 bridgehead atoms. The van der Waals surface area contributed by atoms with Gasteiger partial charge in [-0.25, -0.2) is 0 Å². The van der Waals surface area contributed by atoms with E-state index in [2.05, 4.69) is 29.3 Å². The van der Waals surface area contributed by atoms with Gasteiger partial charge in [0.15, 0.2) is 0 Å². The molecule has 2 rings (SSSR count). The number of methoxy groups -OCH3 is 1. The van der Waals surface area contributed by atoms with Crippen LogP contribution in [0.1, 0.15) is 12.5 Å². The van der Waals surface area contributed by atoms with Gasteiger partial charge in [0.1, 0.15) is 5.75 Å². The summed E-state index contributed by atoms with van der Waals surface area (Å²) in [7, 11) is 1.70. The number of benzene rings is 1. The van der Waals surface area contributed by atoms with Gasteiger partial charge in [0.05, 0.1) is 7.11 Å². The number of ether oxygens (including phenoxy) is 1. The lowest BCUT2D eigenvalue weighted by atomic mass is 10.1. The first-order chi connectivity index (χ1) is 7.83. The number of likely N-dealkylation sites (N-methyl/N-ethyl adjacent to an activating group) is 1. The Bertz CT molecular complexity index is 319. The van der Waals surface area contributed by atoms with E-state index >= 15 is 0 Å². The van der Waals surface area contributed by atoms with E-state index in [-0.39, 0.29) is 0 Å². The van der Waals surface area contributed by atoms with Crippen molar-refractivity contribution in [2.75, 3.05) is 26.7 Å². The second-order valence-corrected chi connectivity index (χ2v) is 4.22. The third-order valence-electron chi connectivity index (χ3n) is 3.23. The Labute approximate surface area is 97.4 Å². The third kappa shape index (κ3) is 2.54. The normalized spacial score (nSPS) is 16.2. The fourth-order valence-electron chi connectivity index (χ4n) is 2.00. The molecule has 0 aliphatic carbocycles. The van der Waals surface area contributed by atoms with E-state index < -0.39 is 0 Å². The maximum absolute atomic E-state index is 5.16. The fourth-order valence-corrected chi connectivity index (χ4v) is 2.00. The Hall–Kier alpha value is -1.06. The fraction of sp³-hybridized carbons (Fsp3) is 0.538. The number of hydrogen-bond acceptors (Lipinski definition) is 3. The second-order valence-electron chi connectivity index (χ2n) is 4.22. The SMILES string of the molecule is CCN(Cc1ccc(OC)cc1)C1CNC1. The summed E-state index contributed by atoms with van der Waals surface area (Å²) in [6.07, 6.45) is 0. The minimum absolute atomic E-state index is 0.715. The lowest BCUT2D eigenvalue weighted by molar-refractivity contribution is 0.145. The Morgan fingerprint density at radius 2 is 2.00 bits per heavy atom. The van der Waals surface area contributed by atoms with Gasteiger partial charge in [-0.1, -0.05) is 19.1 Å². The van der Waals surface area contributed by atoms with Crippen molar-refractivity contribution in [3.05, 3.63) is 29.8 Å². The average Bonchev–Trinajstić information content (AvgIpc) is 2.26. The van der Waals surface area contributed by atoms with Crippen LogP contribution in [0.5, 0.6) is 5.75 Å². The summed E-state index contributed by atoms with van der Waals surface area (Å²) in [5, 5.41) is 3.32. The van der Waals surface area contributed by atoms with Crippen molar-refractivity contribution in [2.45, 2.75) is 19.5 Å². The van der Waals surface area contributed by atoms with E-state index in [1.54, 1.807) is 7.11 Å². The van der Waals surface area contributed by atoms with E-state index in [4.69, 9.17) is 4.74 Å². The lowest BCUT2D eigenvalue weighted by Crippen LogP contribution is -2.56. The maximum atomic E-state index is 5.16. The first-order valence-electron chi connectivity index (χ1n) is 5.91. The van der Waals surface area contributed by atoms with Crippen LogP contribution in [0.15, 0.2) is 24.3 Å². The van der Waals surface area contributed by atoms with E-state index in [0.29, 0.717) is 6.04 Å². The topological polar surface area (TPSA) is 24.5 Å². The van der Waals surface area contributed by atoms with Crippen LogP contribution in [0, 0.1) is 0 Å². The van der Waals surface area contributed by atoms with Crippen LogP contribution in [0.3, 0.4) is 0 Å². The van der Waals surface area contributed by atoms with E-state index in [0.717, 1.165) is 31.9 Å². The molecule has 88 valence electrons. The molecule has 1 aromatic carbocycles. The van der Waals surface area contributed by atoms with Gasteiger partial charge in [-0.05, 0) is 24.2 Å². The van der Waals surface area contributed by atoms with Crippen molar-refractivity contribution in [3.8, 4) is 5.75 Å². The Morgan fingerprint density at radius 1 is 1.31 bits per heavy atom. The number of hydrogen-bond donors (Lipinski definition) is 1. The third-order valence-corrected chi connectivity index (χ3v) is 3.23. The van der Waals surface area contributed by atoms with Gasteiger partial charge >= 0.3 is 0 Å². The van der Waals surface area contributed by atoms with E-state index in [9.17, 15) is 0 Å². The highest BCUT2D eigenvalue weighted by atomic mass is 16.5. The van der Waals surface area contributed by atoms with Gasteiger partial charge in [0.25, 0.3) is 0 Å². The first-order valence-corrected chi connectivity index (χ1v) is 5.91. The Morgan fingerprint density at radius 3 is 2.44 bits per heavy atom. The molecule has 1 aromatic rings. The van der Waals surface area contributed by atoms with Crippen molar-refractivity contribution in [1.82, 2.24) is 10.2 Å². The zero-order chi connectivity index (χ0) is 11.4. The second kappa shape index (κ2) is 5.32. The van der Waals surface area contributed by atoms with Gasteiger partial charge in [-0.15, -0.1) is 0 Å². The van der Waals surface area contributed by atoms with E-state index in [1.807, 2.05) is 12.1 Å². The van der Waals surface area contributed by atoms with Gasteiger partial charge in [0, 0.05) is 25.7 Å². The molecule has 1 fully saturated rings. The molecule has 1 aliphatic heterocycles. The molecule has 3 heteroatoms. The van der Waals surface area contributed by atoms with Crippen LogP contribution in [0.25, 0.3) is 0 Å². The molecule has 0 spiro atoms. The summed E-state index contributed by atoms with van der Waals surface area (Å²) in [6, 6.07) is 9.07. The molecule has 0 radical (unpaired) electrons. The number of nitrogens with zero attached hydrogens (tertiary/aromatic N) is 1. The molecule has 0 atom stereocenters. The van der Waals surface area contributed by atoms with Crippen molar-refractivity contribution in [3.63, 3.8) is 0 Å². The van der Waals surface area contributed by atoms with Crippen LogP contribution < -0.4 is 10.1 Å². The molecule has 0 amide bonds. The van der Waals surface area contributed by atoms with Gasteiger partial charge in [0.2, 0.25) is 0 Å². The predicted octanol–water partition coefficient (Wildman–Crippen LogP) is 1.49. The molecule has 0 unspecified atom stereocenters. The largest absolute Gasteiger partial charge is 0.497 e. The lowest BCUT2D eigenvalue weighted by Gasteiger charge is -2.37. The van der Waals surface area contributed by atoms with Crippen molar-refractivity contribution < 1.29 is 4.74 Å². The highest BCUT2D eigenvalue weighted by Gasteiger charge is 2.22. The zero-order valence-electron chi connectivity index (χ0n) is 10.1. The Kier molecular flexibility index (Phi) is 3.80. The molecular formula is C13H20N2O. The molecule has 16 heavy (non-hydrogen) atoms. The van der Waals surface area contributed by atoms with Crippen LogP contribution in [-0.4, -0.2) is 37.7 Å². The summed E-state index contributed by atoms with van der Waals surface area (Å²) >= 11 is 0. The smallest absolute Gasteiger partial charge is 0.118 e. The highest BCUT2D eigenvalue weighted by molar-refractivity contribution is 5.27. The maximum Gasteiger partial charge on any atom is 0.118 e. The minimum Gasteiger partial charge on any atom is -0.497 e. The van der Waals surface area contributed by atoms with Crippen LogP contribution in [-0.2, 0) is 6.54 Å². The number of nitrogens with one attached hydrogen (secondary N) is 1. The monoisotopic (exact) mass is 220 g/mol. The highest BCUT2D eigenvalue weighted by Crippen LogP contribution is 2.15. The molecule has 1 N–H and O–H groups in total. The summed E-state index contributed by atoms with van der Waals surface area (Å²) in [6.45, 7) is 6.63. The molecule has 1 heterocycles. The van der Waals surface area contributed by atoms with Crippen LogP contribution in [0.2, 0.25) is 0 Å². The average molecular weight is 220 g/mol. The summed E-state index contributed by atoms with van der Waals surface area (Å²) in [5.41, 5.74) is 1.36. The quantitative estimate of drug-likeness (QED) is 0.813.